The molecule has 0 amide bonds. The molecule has 0 aliphatic heterocycles. The zero-order chi connectivity index (χ0) is 15.2. The van der Waals surface area contributed by atoms with Crippen LogP contribution in [0.5, 0.6) is 0 Å². The smallest absolute Gasteiger partial charge is 0.175 e. The van der Waals surface area contributed by atoms with Crippen LogP contribution in [-0.4, -0.2) is 18.1 Å². The molecule has 2 aromatic carbocycles. The molecular weight excluding hydrogens is 257 g/mol. The van der Waals surface area contributed by atoms with E-state index in [1.165, 1.54) is 5.56 Å². The summed E-state index contributed by atoms with van der Waals surface area (Å²) in [7, 11) is 5.43. The third-order valence-electron chi connectivity index (χ3n) is 3.25. The topological polar surface area (TPSA) is 22.0 Å². The minimum atomic E-state index is -0.386. The average molecular weight is 275 g/mol. The van der Waals surface area contributed by atoms with Crippen LogP contribution in [0.3, 0.4) is 0 Å². The van der Waals surface area contributed by atoms with Gasteiger partial charge in [0.15, 0.2) is 7.85 Å². The highest BCUT2D eigenvalue weighted by atomic mass is 16.1. The standard InChI is InChI=1S/C16H12BNO.C2H6/c17-16(19)14-11-18(10-12-6-2-1-3-7-12)15-9-5-4-8-13(14)15;1-2/h1-9,11H,10H2;1-2H3. The van der Waals surface area contributed by atoms with Crippen LogP contribution in [0.2, 0.25) is 0 Å². The minimum absolute atomic E-state index is 0.386. The van der Waals surface area contributed by atoms with Gasteiger partial charge in [0.05, 0.1) is 0 Å². The molecule has 0 saturated heterocycles. The largest absolute Gasteiger partial charge is 0.342 e. The van der Waals surface area contributed by atoms with Gasteiger partial charge in [0.1, 0.15) is 5.68 Å². The molecule has 0 fully saturated rings. The highest BCUT2D eigenvalue weighted by Gasteiger charge is 2.10. The van der Waals surface area contributed by atoms with Gasteiger partial charge in [-0.2, -0.15) is 0 Å². The lowest BCUT2D eigenvalue weighted by atomic mass is 9.95. The third kappa shape index (κ3) is 3.25. The summed E-state index contributed by atoms with van der Waals surface area (Å²) in [5.41, 5.74) is 2.41. The number of rotatable bonds is 3. The molecule has 0 aliphatic carbocycles. The van der Waals surface area contributed by atoms with Gasteiger partial charge in [0.25, 0.3) is 0 Å². The molecule has 3 aromatic rings. The molecule has 1 heterocycles. The summed E-state index contributed by atoms with van der Waals surface area (Å²) in [6.45, 7) is 4.73. The molecule has 0 atom stereocenters. The van der Waals surface area contributed by atoms with Crippen molar-refractivity contribution in [3.8, 4) is 0 Å². The van der Waals surface area contributed by atoms with Gasteiger partial charge >= 0.3 is 0 Å². The second-order valence-electron chi connectivity index (χ2n) is 4.54. The van der Waals surface area contributed by atoms with E-state index in [-0.39, 0.29) is 5.68 Å². The predicted octanol–water partition coefficient (Wildman–Crippen LogP) is 4.02. The maximum absolute atomic E-state index is 11.5. The number of hydrogen-bond donors (Lipinski definition) is 0. The van der Waals surface area contributed by atoms with Crippen LogP contribution in [0, 0.1) is 0 Å². The van der Waals surface area contributed by atoms with E-state index in [1.54, 1.807) is 0 Å². The van der Waals surface area contributed by atoms with Crippen molar-refractivity contribution in [2.45, 2.75) is 20.4 Å². The van der Waals surface area contributed by atoms with E-state index < -0.39 is 0 Å². The molecule has 3 rings (SSSR count). The van der Waals surface area contributed by atoms with Gasteiger partial charge in [-0.3, -0.25) is 0 Å². The van der Waals surface area contributed by atoms with Gasteiger partial charge in [-0.05, 0) is 11.6 Å². The van der Waals surface area contributed by atoms with Crippen molar-refractivity contribution in [1.82, 2.24) is 4.57 Å². The van der Waals surface area contributed by atoms with Gasteiger partial charge in [-0.1, -0.05) is 62.4 Å². The number of hydrogen-bond acceptors (Lipinski definition) is 1. The molecule has 2 radical (unpaired) electrons. The third-order valence-corrected chi connectivity index (χ3v) is 3.25. The average Bonchev–Trinajstić information content (AvgIpc) is 2.90. The number of carbonyl (C=O) groups is 1. The monoisotopic (exact) mass is 275 g/mol. The Kier molecular flexibility index (Phi) is 4.99. The summed E-state index contributed by atoms with van der Waals surface area (Å²) in [6, 6.07) is 18.0. The minimum Gasteiger partial charge on any atom is -0.342 e. The second kappa shape index (κ2) is 6.93. The van der Waals surface area contributed by atoms with Crippen LogP contribution in [0.25, 0.3) is 10.9 Å². The Bertz CT molecular complexity index is 731. The van der Waals surface area contributed by atoms with E-state index in [4.69, 9.17) is 7.85 Å². The Morgan fingerprint density at radius 2 is 1.62 bits per heavy atom. The van der Waals surface area contributed by atoms with E-state index >= 15 is 0 Å². The number of aromatic nitrogens is 1. The van der Waals surface area contributed by atoms with Gasteiger partial charge in [0.2, 0.25) is 0 Å². The first-order valence-electron chi connectivity index (χ1n) is 7.17. The number of para-hydroxylation sites is 1. The van der Waals surface area contributed by atoms with Crippen molar-refractivity contribution in [2.24, 2.45) is 0 Å². The first-order valence-corrected chi connectivity index (χ1v) is 7.17. The summed E-state index contributed by atoms with van der Waals surface area (Å²) in [4.78, 5) is 11.5. The normalized spacial score (nSPS) is 10.0. The maximum Gasteiger partial charge on any atom is 0.175 e. The predicted molar refractivity (Wildman–Crippen MR) is 88.9 cm³/mol. The molecule has 0 bridgehead atoms. The molecule has 0 unspecified atom stereocenters. The van der Waals surface area contributed by atoms with Crippen LogP contribution in [0.1, 0.15) is 29.8 Å². The van der Waals surface area contributed by atoms with Crippen molar-refractivity contribution < 1.29 is 4.79 Å². The van der Waals surface area contributed by atoms with Crippen LogP contribution in [0.15, 0.2) is 60.8 Å². The van der Waals surface area contributed by atoms with E-state index in [9.17, 15) is 4.79 Å². The number of nitrogens with zero attached hydrogens (tertiary/aromatic N) is 1. The molecule has 0 saturated carbocycles. The molecule has 0 spiro atoms. The molecular formula is C18H18BNO. The van der Waals surface area contributed by atoms with Crippen molar-refractivity contribution >= 4 is 24.4 Å². The maximum atomic E-state index is 11.5. The van der Waals surface area contributed by atoms with Gasteiger partial charge in [0, 0.05) is 29.2 Å². The Morgan fingerprint density at radius 1 is 1.00 bits per heavy atom. The molecule has 2 nitrogen and oxygen atoms in total. The quantitative estimate of drug-likeness (QED) is 0.661. The Morgan fingerprint density at radius 3 is 2.29 bits per heavy atom. The molecule has 0 aliphatic rings. The van der Waals surface area contributed by atoms with Gasteiger partial charge in [-0.25, -0.2) is 0 Å². The van der Waals surface area contributed by atoms with Crippen molar-refractivity contribution in [1.29, 1.82) is 0 Å². The highest BCUT2D eigenvalue weighted by Crippen LogP contribution is 2.22. The van der Waals surface area contributed by atoms with Crippen molar-refractivity contribution in [2.75, 3.05) is 0 Å². The molecule has 21 heavy (non-hydrogen) atoms. The zero-order valence-corrected chi connectivity index (χ0v) is 12.4. The summed E-state index contributed by atoms with van der Waals surface area (Å²) < 4.78 is 2.06. The van der Waals surface area contributed by atoms with E-state index in [1.807, 2.05) is 62.5 Å². The number of benzene rings is 2. The fourth-order valence-electron chi connectivity index (χ4n) is 2.35. The van der Waals surface area contributed by atoms with Crippen LogP contribution >= 0.6 is 0 Å². The van der Waals surface area contributed by atoms with Crippen molar-refractivity contribution in [3.63, 3.8) is 0 Å². The first-order chi connectivity index (χ1) is 10.3. The van der Waals surface area contributed by atoms with Crippen molar-refractivity contribution in [3.05, 3.63) is 71.9 Å². The highest BCUT2D eigenvalue weighted by molar-refractivity contribution is 6.63. The Hall–Kier alpha value is -2.29. The van der Waals surface area contributed by atoms with E-state index in [2.05, 4.69) is 16.7 Å². The SMILES string of the molecule is CC.[B]C(=O)c1cn(Cc2ccccc2)c2ccccc12. The number of carbonyl (C=O) groups excluding carboxylic acids is 1. The zero-order valence-electron chi connectivity index (χ0n) is 12.4. The molecule has 104 valence electrons. The Balaban J connectivity index is 0.000000774. The summed E-state index contributed by atoms with van der Waals surface area (Å²) in [6.07, 6.45) is 1.83. The van der Waals surface area contributed by atoms with Crippen LogP contribution in [-0.2, 0) is 6.54 Å². The van der Waals surface area contributed by atoms with E-state index in [0.717, 1.165) is 17.4 Å². The summed E-state index contributed by atoms with van der Waals surface area (Å²) >= 11 is 0. The lowest BCUT2D eigenvalue weighted by Crippen LogP contribution is -1.98. The summed E-state index contributed by atoms with van der Waals surface area (Å²) in [5, 5.41) is 0.908. The molecule has 0 N–H and O–H groups in total. The molecule has 1 aromatic heterocycles. The fraction of sp³-hybridized carbons (Fsp3) is 0.167. The lowest BCUT2D eigenvalue weighted by Gasteiger charge is -2.05. The first kappa shape index (κ1) is 15.1. The van der Waals surface area contributed by atoms with Crippen LogP contribution < -0.4 is 0 Å². The fourth-order valence-corrected chi connectivity index (χ4v) is 2.35. The number of fused-ring (bicyclic) bond motifs is 1. The lowest BCUT2D eigenvalue weighted by molar-refractivity contribution is 0.108. The Labute approximate surface area is 126 Å². The summed E-state index contributed by atoms with van der Waals surface area (Å²) in [5.74, 6) is 0. The van der Waals surface area contributed by atoms with Gasteiger partial charge < -0.3 is 9.36 Å². The van der Waals surface area contributed by atoms with E-state index in [0.29, 0.717) is 5.56 Å². The van der Waals surface area contributed by atoms with Gasteiger partial charge in [-0.15, -0.1) is 0 Å². The molecule has 3 heteroatoms. The van der Waals surface area contributed by atoms with Crippen LogP contribution in [0.4, 0.5) is 0 Å². The second-order valence-corrected chi connectivity index (χ2v) is 4.54.